The molecule has 3 aromatic carbocycles. The van der Waals surface area contributed by atoms with Crippen LogP contribution in [0.25, 0.3) is 16.7 Å². The minimum atomic E-state index is -0.242. The van der Waals surface area contributed by atoms with Crippen LogP contribution in [0.15, 0.2) is 60.7 Å². The second-order valence-electron chi connectivity index (χ2n) is 8.06. The van der Waals surface area contributed by atoms with E-state index in [1.807, 2.05) is 56.3 Å². The van der Waals surface area contributed by atoms with E-state index < -0.39 is 0 Å². The number of carbonyl (C=O) groups is 1. The molecule has 0 aliphatic heterocycles. The molecule has 174 valence electrons. The fourth-order valence-electron chi connectivity index (χ4n) is 3.86. The molecule has 1 aromatic heterocycles. The third-order valence-corrected chi connectivity index (χ3v) is 6.00. The Morgan fingerprint density at radius 1 is 0.941 bits per heavy atom. The first-order valence-electron chi connectivity index (χ1n) is 11.3. The second-order valence-corrected chi connectivity index (χ2v) is 8.47. The molecule has 1 amide bonds. The number of anilines is 2. The molecule has 4 rings (SSSR count). The lowest BCUT2D eigenvalue weighted by Gasteiger charge is -2.20. The Morgan fingerprint density at radius 3 is 2.24 bits per heavy atom. The van der Waals surface area contributed by atoms with E-state index in [9.17, 15) is 4.79 Å². The van der Waals surface area contributed by atoms with E-state index in [1.165, 1.54) is 5.69 Å². The van der Waals surface area contributed by atoms with E-state index >= 15 is 0 Å². The van der Waals surface area contributed by atoms with Crippen LogP contribution in [0.5, 0.6) is 0 Å². The van der Waals surface area contributed by atoms with Crippen LogP contribution in [-0.2, 0) is 0 Å². The molecule has 34 heavy (non-hydrogen) atoms. The fraction of sp³-hybridized carbons (Fsp3) is 0.231. The molecule has 0 saturated carbocycles. The van der Waals surface area contributed by atoms with E-state index in [0.717, 1.165) is 46.6 Å². The smallest absolute Gasteiger partial charge is 0.257 e. The van der Waals surface area contributed by atoms with Crippen LogP contribution >= 0.6 is 12.2 Å². The van der Waals surface area contributed by atoms with Crippen LogP contribution in [0.3, 0.4) is 0 Å². The Labute approximate surface area is 204 Å². The number of aromatic nitrogens is 3. The molecule has 0 aliphatic rings. The van der Waals surface area contributed by atoms with Gasteiger partial charge in [-0.2, -0.15) is 4.80 Å². The number of hydrogen-bond donors (Lipinski definition) is 2. The Kier molecular flexibility index (Phi) is 6.88. The molecular weight excluding hydrogens is 444 g/mol. The summed E-state index contributed by atoms with van der Waals surface area (Å²) in [4.78, 5) is 16.5. The van der Waals surface area contributed by atoms with Gasteiger partial charge in [0.05, 0.1) is 5.69 Å². The van der Waals surface area contributed by atoms with Gasteiger partial charge in [0, 0.05) is 30.0 Å². The van der Waals surface area contributed by atoms with Gasteiger partial charge in [-0.05, 0) is 93.5 Å². The summed E-state index contributed by atoms with van der Waals surface area (Å²) in [7, 11) is 0. The van der Waals surface area contributed by atoms with Gasteiger partial charge in [-0.15, -0.1) is 10.2 Å². The Morgan fingerprint density at radius 2 is 1.59 bits per heavy atom. The SMILES string of the molecule is CCN(CC)c1ccc(-n2nc3cc(C)c(NC(=S)NC(=O)c4ccccc4C)cc3n2)cc1. The number of hydrogen-bond acceptors (Lipinski definition) is 5. The lowest BCUT2D eigenvalue weighted by Crippen LogP contribution is -2.34. The average molecular weight is 473 g/mol. The summed E-state index contributed by atoms with van der Waals surface area (Å²) in [6, 6.07) is 19.5. The molecule has 0 unspecified atom stereocenters. The fourth-order valence-corrected chi connectivity index (χ4v) is 4.06. The van der Waals surface area contributed by atoms with Crippen molar-refractivity contribution in [3.63, 3.8) is 0 Å². The molecule has 0 fully saturated rings. The number of nitrogens with one attached hydrogen (secondary N) is 2. The maximum absolute atomic E-state index is 12.6. The molecule has 8 heteroatoms. The quantitative estimate of drug-likeness (QED) is 0.384. The van der Waals surface area contributed by atoms with Crippen molar-refractivity contribution in [2.24, 2.45) is 0 Å². The molecule has 0 saturated heterocycles. The predicted molar refractivity (Wildman–Crippen MR) is 142 cm³/mol. The molecule has 2 N–H and O–H groups in total. The first-order chi connectivity index (χ1) is 16.4. The van der Waals surface area contributed by atoms with Crippen LogP contribution < -0.4 is 15.5 Å². The van der Waals surface area contributed by atoms with Gasteiger partial charge in [-0.1, -0.05) is 18.2 Å². The van der Waals surface area contributed by atoms with Crippen molar-refractivity contribution in [3.8, 4) is 5.69 Å². The van der Waals surface area contributed by atoms with Gasteiger partial charge in [-0.25, -0.2) is 0 Å². The van der Waals surface area contributed by atoms with E-state index in [0.29, 0.717) is 5.56 Å². The maximum atomic E-state index is 12.6. The number of fused-ring (bicyclic) bond motifs is 1. The zero-order chi connectivity index (χ0) is 24.2. The highest BCUT2D eigenvalue weighted by atomic mass is 32.1. The van der Waals surface area contributed by atoms with Crippen LogP contribution in [0.1, 0.15) is 35.3 Å². The van der Waals surface area contributed by atoms with Crippen molar-refractivity contribution in [3.05, 3.63) is 77.4 Å². The van der Waals surface area contributed by atoms with E-state index in [4.69, 9.17) is 12.2 Å². The van der Waals surface area contributed by atoms with Gasteiger partial charge >= 0.3 is 0 Å². The van der Waals surface area contributed by atoms with Crippen LogP contribution in [0.2, 0.25) is 0 Å². The summed E-state index contributed by atoms with van der Waals surface area (Å²) in [5.41, 5.74) is 6.78. The number of thiocarbonyl (C=S) groups is 1. The highest BCUT2D eigenvalue weighted by Crippen LogP contribution is 2.23. The third kappa shape index (κ3) is 4.92. The zero-order valence-corrected chi connectivity index (χ0v) is 20.6. The Balaban J connectivity index is 1.52. The number of carbonyl (C=O) groups excluding carboxylic acids is 1. The number of benzene rings is 3. The number of rotatable bonds is 6. The van der Waals surface area contributed by atoms with Crippen molar-refractivity contribution in [2.45, 2.75) is 27.7 Å². The Bertz CT molecular complexity index is 1340. The van der Waals surface area contributed by atoms with Crippen molar-refractivity contribution in [2.75, 3.05) is 23.3 Å². The van der Waals surface area contributed by atoms with Crippen LogP contribution in [0.4, 0.5) is 11.4 Å². The van der Waals surface area contributed by atoms with Gasteiger partial charge in [0.25, 0.3) is 5.91 Å². The molecule has 7 nitrogen and oxygen atoms in total. The highest BCUT2D eigenvalue weighted by molar-refractivity contribution is 7.80. The van der Waals surface area contributed by atoms with E-state index in [-0.39, 0.29) is 11.0 Å². The van der Waals surface area contributed by atoms with Gasteiger partial charge in [0.1, 0.15) is 11.0 Å². The molecule has 0 aliphatic carbocycles. The molecule has 1 heterocycles. The summed E-state index contributed by atoms with van der Waals surface area (Å²) >= 11 is 5.38. The first kappa shape index (κ1) is 23.4. The monoisotopic (exact) mass is 472 g/mol. The molecule has 0 spiro atoms. The normalized spacial score (nSPS) is 10.8. The van der Waals surface area contributed by atoms with E-state index in [2.05, 4.69) is 51.7 Å². The topological polar surface area (TPSA) is 75.1 Å². The molecule has 0 bridgehead atoms. The number of nitrogens with zero attached hydrogens (tertiary/aromatic N) is 4. The minimum Gasteiger partial charge on any atom is -0.372 e. The highest BCUT2D eigenvalue weighted by Gasteiger charge is 2.13. The molecule has 0 radical (unpaired) electrons. The van der Waals surface area contributed by atoms with Crippen molar-refractivity contribution in [1.82, 2.24) is 20.3 Å². The van der Waals surface area contributed by atoms with Gasteiger partial charge in [0.2, 0.25) is 0 Å². The Hall–Kier alpha value is -3.78. The van der Waals surface area contributed by atoms with Crippen molar-refractivity contribution >= 4 is 45.6 Å². The summed E-state index contributed by atoms with van der Waals surface area (Å²) in [6.07, 6.45) is 0. The average Bonchev–Trinajstić information content (AvgIpc) is 3.23. The predicted octanol–water partition coefficient (Wildman–Crippen LogP) is 5.01. The summed E-state index contributed by atoms with van der Waals surface area (Å²) in [5, 5.41) is 15.4. The molecule has 4 aromatic rings. The van der Waals surface area contributed by atoms with Crippen LogP contribution in [0, 0.1) is 13.8 Å². The maximum Gasteiger partial charge on any atom is 0.257 e. The van der Waals surface area contributed by atoms with Crippen LogP contribution in [-0.4, -0.2) is 39.1 Å². The lowest BCUT2D eigenvalue weighted by atomic mass is 10.1. The van der Waals surface area contributed by atoms with Gasteiger partial charge in [0.15, 0.2) is 5.11 Å². The van der Waals surface area contributed by atoms with Crippen molar-refractivity contribution in [1.29, 1.82) is 0 Å². The summed E-state index contributed by atoms with van der Waals surface area (Å²) in [6.45, 7) is 10.1. The standard InChI is InChI=1S/C26H28N6OS/c1-5-31(6-2)19-11-13-20(14-12-19)32-29-23-15-18(4)22(16-24(23)30-32)27-26(34)28-25(33)21-10-8-7-9-17(21)3/h7-16H,5-6H2,1-4H3,(H2,27,28,33,34). The lowest BCUT2D eigenvalue weighted by molar-refractivity contribution is 0.0977. The number of aryl methyl sites for hydroxylation is 2. The van der Waals surface area contributed by atoms with Gasteiger partial charge in [-0.3, -0.25) is 10.1 Å². The van der Waals surface area contributed by atoms with E-state index in [1.54, 1.807) is 10.9 Å². The molecule has 0 atom stereocenters. The van der Waals surface area contributed by atoms with Gasteiger partial charge < -0.3 is 10.2 Å². The van der Waals surface area contributed by atoms with Crippen molar-refractivity contribution < 1.29 is 4.79 Å². The third-order valence-electron chi connectivity index (χ3n) is 5.80. The minimum absolute atomic E-state index is 0.232. The number of amides is 1. The first-order valence-corrected chi connectivity index (χ1v) is 11.7. The zero-order valence-electron chi connectivity index (χ0n) is 19.8. The summed E-state index contributed by atoms with van der Waals surface area (Å²) in [5.74, 6) is -0.242. The summed E-state index contributed by atoms with van der Waals surface area (Å²) < 4.78 is 0. The second kappa shape index (κ2) is 10.0. The molecular formula is C26H28N6OS. The largest absolute Gasteiger partial charge is 0.372 e.